The van der Waals surface area contributed by atoms with Crippen LogP contribution < -0.4 is 14.8 Å². The molecule has 4 nitrogen and oxygen atoms in total. The SMILES string of the molecule is COc1ccc(NC(=O)/C=C/c2ccc3cc(OC)ccc3c2)cc1. The molecular weight excluding hydrogens is 314 g/mol. The zero-order valence-corrected chi connectivity index (χ0v) is 14.2. The number of nitrogens with one attached hydrogen (secondary N) is 1. The Morgan fingerprint density at radius 2 is 1.48 bits per heavy atom. The van der Waals surface area contributed by atoms with Gasteiger partial charge in [0.25, 0.3) is 0 Å². The van der Waals surface area contributed by atoms with Crippen molar-refractivity contribution in [2.24, 2.45) is 0 Å². The van der Waals surface area contributed by atoms with Gasteiger partial charge in [0.2, 0.25) is 5.91 Å². The van der Waals surface area contributed by atoms with Crippen molar-refractivity contribution in [3.63, 3.8) is 0 Å². The van der Waals surface area contributed by atoms with Crippen LogP contribution in [0.5, 0.6) is 11.5 Å². The van der Waals surface area contributed by atoms with Crippen LogP contribution in [0.2, 0.25) is 0 Å². The van der Waals surface area contributed by atoms with Crippen LogP contribution in [0.25, 0.3) is 16.8 Å². The Kier molecular flexibility index (Phi) is 5.00. The topological polar surface area (TPSA) is 47.6 Å². The number of amides is 1. The lowest BCUT2D eigenvalue weighted by atomic mass is 10.1. The molecule has 0 saturated carbocycles. The van der Waals surface area contributed by atoms with Crippen LogP contribution >= 0.6 is 0 Å². The third-order valence-electron chi connectivity index (χ3n) is 3.86. The van der Waals surface area contributed by atoms with Gasteiger partial charge in [-0.05, 0) is 64.9 Å². The molecule has 4 heteroatoms. The minimum Gasteiger partial charge on any atom is -0.497 e. The third-order valence-corrected chi connectivity index (χ3v) is 3.86. The van der Waals surface area contributed by atoms with Crippen molar-refractivity contribution in [2.75, 3.05) is 19.5 Å². The summed E-state index contributed by atoms with van der Waals surface area (Å²) < 4.78 is 10.3. The Morgan fingerprint density at radius 1 is 0.840 bits per heavy atom. The number of rotatable bonds is 5. The van der Waals surface area contributed by atoms with Gasteiger partial charge in [-0.2, -0.15) is 0 Å². The van der Waals surface area contributed by atoms with Gasteiger partial charge < -0.3 is 14.8 Å². The summed E-state index contributed by atoms with van der Waals surface area (Å²) >= 11 is 0. The second-order valence-electron chi connectivity index (χ2n) is 5.52. The fourth-order valence-corrected chi connectivity index (χ4v) is 2.50. The number of anilines is 1. The van der Waals surface area contributed by atoms with E-state index >= 15 is 0 Å². The highest BCUT2D eigenvalue weighted by Crippen LogP contribution is 2.22. The summed E-state index contributed by atoms with van der Waals surface area (Å²) in [6, 6.07) is 19.1. The molecule has 0 saturated heterocycles. The first kappa shape index (κ1) is 16.6. The van der Waals surface area contributed by atoms with E-state index in [9.17, 15) is 4.79 Å². The quantitative estimate of drug-likeness (QED) is 0.699. The number of methoxy groups -OCH3 is 2. The van der Waals surface area contributed by atoms with Crippen molar-refractivity contribution in [1.82, 2.24) is 0 Å². The number of fused-ring (bicyclic) bond motifs is 1. The van der Waals surface area contributed by atoms with Crippen LogP contribution in [0.4, 0.5) is 5.69 Å². The van der Waals surface area contributed by atoms with E-state index in [4.69, 9.17) is 9.47 Å². The first-order valence-corrected chi connectivity index (χ1v) is 7.89. The Morgan fingerprint density at radius 3 is 2.20 bits per heavy atom. The smallest absolute Gasteiger partial charge is 0.248 e. The van der Waals surface area contributed by atoms with Crippen LogP contribution in [0.1, 0.15) is 5.56 Å². The van der Waals surface area contributed by atoms with Gasteiger partial charge in [-0.25, -0.2) is 0 Å². The first-order chi connectivity index (χ1) is 12.2. The van der Waals surface area contributed by atoms with Crippen molar-refractivity contribution in [1.29, 1.82) is 0 Å². The molecule has 0 aliphatic rings. The number of benzene rings is 3. The molecule has 3 aromatic rings. The lowest BCUT2D eigenvalue weighted by Gasteiger charge is -2.04. The second-order valence-corrected chi connectivity index (χ2v) is 5.52. The van der Waals surface area contributed by atoms with E-state index in [1.165, 1.54) is 6.08 Å². The first-order valence-electron chi connectivity index (χ1n) is 7.89. The zero-order chi connectivity index (χ0) is 17.6. The molecule has 1 N–H and O–H groups in total. The predicted octanol–water partition coefficient (Wildman–Crippen LogP) is 4.51. The van der Waals surface area contributed by atoms with Crippen LogP contribution in [0.15, 0.2) is 66.7 Å². The van der Waals surface area contributed by atoms with Gasteiger partial charge in [0, 0.05) is 11.8 Å². The van der Waals surface area contributed by atoms with Gasteiger partial charge in [-0.3, -0.25) is 4.79 Å². The summed E-state index contributed by atoms with van der Waals surface area (Å²) in [5, 5.41) is 5.01. The van der Waals surface area contributed by atoms with Crippen LogP contribution in [0.3, 0.4) is 0 Å². The third kappa shape index (κ3) is 4.18. The average molecular weight is 333 g/mol. The van der Waals surface area contributed by atoms with Crippen molar-refractivity contribution in [2.45, 2.75) is 0 Å². The molecule has 0 aliphatic carbocycles. The highest BCUT2D eigenvalue weighted by Gasteiger charge is 2.00. The summed E-state index contributed by atoms with van der Waals surface area (Å²) in [4.78, 5) is 12.0. The zero-order valence-electron chi connectivity index (χ0n) is 14.2. The van der Waals surface area contributed by atoms with E-state index in [-0.39, 0.29) is 5.91 Å². The molecule has 3 aromatic carbocycles. The fourth-order valence-electron chi connectivity index (χ4n) is 2.50. The van der Waals surface area contributed by atoms with Gasteiger partial charge in [0.15, 0.2) is 0 Å². The van der Waals surface area contributed by atoms with Crippen LogP contribution in [0, 0.1) is 0 Å². The monoisotopic (exact) mass is 333 g/mol. The van der Waals surface area contributed by atoms with E-state index in [2.05, 4.69) is 5.32 Å². The Labute approximate surface area is 146 Å². The highest BCUT2D eigenvalue weighted by atomic mass is 16.5. The Hall–Kier alpha value is -3.27. The number of hydrogen-bond donors (Lipinski definition) is 1. The summed E-state index contributed by atoms with van der Waals surface area (Å²) in [5.41, 5.74) is 1.68. The normalized spacial score (nSPS) is 10.8. The number of hydrogen-bond acceptors (Lipinski definition) is 3. The molecule has 0 radical (unpaired) electrons. The minimum atomic E-state index is -0.181. The molecule has 0 aromatic heterocycles. The number of ether oxygens (including phenoxy) is 2. The summed E-state index contributed by atoms with van der Waals surface area (Å²) in [6.07, 6.45) is 3.32. The Balaban J connectivity index is 1.69. The minimum absolute atomic E-state index is 0.181. The largest absolute Gasteiger partial charge is 0.497 e. The van der Waals surface area contributed by atoms with Crippen LogP contribution in [-0.2, 0) is 4.79 Å². The molecule has 0 heterocycles. The van der Waals surface area contributed by atoms with E-state index in [0.29, 0.717) is 0 Å². The van der Waals surface area contributed by atoms with Gasteiger partial charge >= 0.3 is 0 Å². The lowest BCUT2D eigenvalue weighted by Crippen LogP contribution is -2.07. The van der Waals surface area contributed by atoms with Gasteiger partial charge in [-0.1, -0.05) is 18.2 Å². The van der Waals surface area contributed by atoms with E-state index in [1.54, 1.807) is 44.6 Å². The molecule has 0 unspecified atom stereocenters. The summed E-state index contributed by atoms with van der Waals surface area (Å²) in [6.45, 7) is 0. The van der Waals surface area contributed by atoms with E-state index in [0.717, 1.165) is 33.5 Å². The summed E-state index contributed by atoms with van der Waals surface area (Å²) in [7, 11) is 3.26. The van der Waals surface area contributed by atoms with Crippen molar-refractivity contribution < 1.29 is 14.3 Å². The van der Waals surface area contributed by atoms with Gasteiger partial charge in [0.1, 0.15) is 11.5 Å². The molecule has 1 amide bonds. The van der Waals surface area contributed by atoms with Crippen molar-refractivity contribution >= 4 is 28.4 Å². The molecule has 0 fully saturated rings. The van der Waals surface area contributed by atoms with Gasteiger partial charge in [0.05, 0.1) is 14.2 Å². The standard InChI is InChI=1S/C21H19NO3/c1-24-19-10-7-18(8-11-19)22-21(23)12-4-15-3-5-17-14-20(25-2)9-6-16(17)13-15/h3-14H,1-2H3,(H,22,23)/b12-4+. The fraction of sp³-hybridized carbons (Fsp3) is 0.0952. The molecule has 25 heavy (non-hydrogen) atoms. The average Bonchev–Trinajstić information content (AvgIpc) is 2.66. The highest BCUT2D eigenvalue weighted by molar-refractivity contribution is 6.02. The van der Waals surface area contributed by atoms with E-state index in [1.807, 2.05) is 36.4 Å². The van der Waals surface area contributed by atoms with E-state index < -0.39 is 0 Å². The number of carbonyl (C=O) groups is 1. The lowest BCUT2D eigenvalue weighted by molar-refractivity contribution is -0.111. The maximum absolute atomic E-state index is 12.0. The Bertz CT molecular complexity index is 914. The van der Waals surface area contributed by atoms with Crippen molar-refractivity contribution in [3.8, 4) is 11.5 Å². The second kappa shape index (κ2) is 7.53. The molecule has 0 bridgehead atoms. The molecular formula is C21H19NO3. The van der Waals surface area contributed by atoms with Gasteiger partial charge in [-0.15, -0.1) is 0 Å². The molecule has 0 atom stereocenters. The molecule has 126 valence electrons. The maximum Gasteiger partial charge on any atom is 0.248 e. The number of carbonyl (C=O) groups excluding carboxylic acids is 1. The molecule has 3 rings (SSSR count). The molecule has 0 aliphatic heterocycles. The predicted molar refractivity (Wildman–Crippen MR) is 101 cm³/mol. The molecule has 0 spiro atoms. The maximum atomic E-state index is 12.0. The van der Waals surface area contributed by atoms with Crippen LogP contribution in [-0.4, -0.2) is 20.1 Å². The van der Waals surface area contributed by atoms with Crippen molar-refractivity contribution in [3.05, 3.63) is 72.3 Å². The summed E-state index contributed by atoms with van der Waals surface area (Å²) in [5.74, 6) is 1.40.